The molecule has 10 nitrogen and oxygen atoms in total. The lowest BCUT2D eigenvalue weighted by Gasteiger charge is -2.23. The second kappa shape index (κ2) is 13.0. The third-order valence-corrected chi connectivity index (χ3v) is 6.49. The van der Waals surface area contributed by atoms with Crippen LogP contribution in [0.4, 0.5) is 32.2 Å². The van der Waals surface area contributed by atoms with Gasteiger partial charge < -0.3 is 20.1 Å². The maximum absolute atomic E-state index is 13.0. The van der Waals surface area contributed by atoms with Gasteiger partial charge in [0, 0.05) is 44.2 Å². The van der Waals surface area contributed by atoms with Crippen LogP contribution in [0.15, 0.2) is 24.3 Å². The normalized spacial score (nSPS) is 15.7. The van der Waals surface area contributed by atoms with Gasteiger partial charge in [-0.3, -0.25) is 9.59 Å². The number of benzene rings is 1. The third-order valence-electron chi connectivity index (χ3n) is 5.70. The lowest BCUT2D eigenvalue weighted by Crippen LogP contribution is -2.42. The van der Waals surface area contributed by atoms with Crippen molar-refractivity contribution in [2.45, 2.75) is 57.0 Å². The van der Waals surface area contributed by atoms with Crippen LogP contribution in [0.25, 0.3) is 0 Å². The van der Waals surface area contributed by atoms with Gasteiger partial charge >= 0.3 is 12.4 Å². The summed E-state index contributed by atoms with van der Waals surface area (Å²) in [5, 5.41) is 9.40. The van der Waals surface area contributed by atoms with Crippen molar-refractivity contribution >= 4 is 27.5 Å². The van der Waals surface area contributed by atoms with Crippen molar-refractivity contribution in [2.75, 3.05) is 30.5 Å². The number of carbonyl (C=O) groups is 2. The standard InChI is InChI=1S/C24H28F6N4O6S/c1-41(37,38)13-19(35)32-21-20-18(33-34(21)9-3-2-8-23(25,26)27)11-15(31-22(20)36)7-10-39-16-5-4-6-17(12-16)40-14-24(28,29)30/h4-6,12,15H,2-3,7-11,13-14H2,1H3,(H,31,36)(H,32,35)/t15-/m0/s1. The SMILES string of the molecule is CS(=O)(=O)CC(=O)Nc1c2c(nn1CCCCC(F)(F)F)C[C@H](CCOc1cccc(OCC(F)(F)F)c1)NC2=O. The second-order valence-electron chi connectivity index (χ2n) is 9.47. The van der Waals surface area contributed by atoms with E-state index in [0.717, 1.165) is 6.26 Å². The summed E-state index contributed by atoms with van der Waals surface area (Å²) in [4.78, 5) is 25.3. The Hall–Kier alpha value is -3.50. The van der Waals surface area contributed by atoms with Gasteiger partial charge in [0.25, 0.3) is 5.91 Å². The molecule has 228 valence electrons. The van der Waals surface area contributed by atoms with E-state index in [1.165, 1.54) is 28.9 Å². The molecule has 1 aromatic carbocycles. The number of nitrogens with zero attached hydrogens (tertiary/aromatic N) is 2. The number of rotatable bonds is 13. The second-order valence-corrected chi connectivity index (χ2v) is 11.6. The Morgan fingerprint density at radius 2 is 1.80 bits per heavy atom. The summed E-state index contributed by atoms with van der Waals surface area (Å²) in [6.45, 7) is -1.47. The number of hydrogen-bond acceptors (Lipinski definition) is 7. The number of anilines is 1. The highest BCUT2D eigenvalue weighted by atomic mass is 32.2. The molecule has 2 heterocycles. The van der Waals surface area contributed by atoms with Crippen molar-refractivity contribution in [2.24, 2.45) is 0 Å². The van der Waals surface area contributed by atoms with Gasteiger partial charge in [-0.05, 0) is 25.0 Å². The Bertz CT molecular complexity index is 1340. The number of fused-ring (bicyclic) bond motifs is 1. The highest BCUT2D eigenvalue weighted by Crippen LogP contribution is 2.28. The third kappa shape index (κ3) is 10.8. The number of alkyl halides is 6. The van der Waals surface area contributed by atoms with Gasteiger partial charge in [0.15, 0.2) is 16.4 Å². The van der Waals surface area contributed by atoms with E-state index in [4.69, 9.17) is 4.74 Å². The molecule has 17 heteroatoms. The quantitative estimate of drug-likeness (QED) is 0.260. The predicted octanol–water partition coefficient (Wildman–Crippen LogP) is 3.66. The van der Waals surface area contributed by atoms with Gasteiger partial charge in [-0.2, -0.15) is 31.4 Å². The molecule has 0 saturated carbocycles. The van der Waals surface area contributed by atoms with Crippen LogP contribution < -0.4 is 20.1 Å². The summed E-state index contributed by atoms with van der Waals surface area (Å²) in [5.74, 6) is -2.34. The van der Waals surface area contributed by atoms with E-state index in [-0.39, 0.29) is 67.4 Å². The number of halogens is 6. The van der Waals surface area contributed by atoms with Crippen LogP contribution in [0.5, 0.6) is 11.5 Å². The zero-order chi connectivity index (χ0) is 30.4. The smallest absolute Gasteiger partial charge is 0.422 e. The molecule has 1 atom stereocenters. The minimum Gasteiger partial charge on any atom is -0.493 e. The Kier molecular flexibility index (Phi) is 10.1. The topological polar surface area (TPSA) is 129 Å². The summed E-state index contributed by atoms with van der Waals surface area (Å²) < 4.78 is 109. The number of sulfone groups is 1. The summed E-state index contributed by atoms with van der Waals surface area (Å²) in [6, 6.07) is 5.11. The van der Waals surface area contributed by atoms with Gasteiger partial charge in [-0.25, -0.2) is 13.1 Å². The fraction of sp³-hybridized carbons (Fsp3) is 0.542. The van der Waals surface area contributed by atoms with Gasteiger partial charge in [-0.1, -0.05) is 6.07 Å². The van der Waals surface area contributed by atoms with Crippen molar-refractivity contribution in [3.8, 4) is 11.5 Å². The molecule has 0 saturated heterocycles. The molecule has 0 fully saturated rings. The maximum atomic E-state index is 13.0. The summed E-state index contributed by atoms with van der Waals surface area (Å²) in [5.41, 5.74) is 0.237. The van der Waals surface area contributed by atoms with E-state index in [1.54, 1.807) is 0 Å². The first-order chi connectivity index (χ1) is 19.0. The number of nitrogens with one attached hydrogen (secondary N) is 2. The Balaban J connectivity index is 1.67. The Labute approximate surface area is 231 Å². The molecule has 1 aliphatic rings. The van der Waals surface area contributed by atoms with Crippen LogP contribution in [0.3, 0.4) is 0 Å². The van der Waals surface area contributed by atoms with Crippen molar-refractivity contribution in [1.82, 2.24) is 15.1 Å². The zero-order valence-corrected chi connectivity index (χ0v) is 22.6. The van der Waals surface area contributed by atoms with E-state index in [1.807, 2.05) is 0 Å². The molecule has 2 amide bonds. The number of hydrogen-bond donors (Lipinski definition) is 2. The predicted molar refractivity (Wildman–Crippen MR) is 134 cm³/mol. The van der Waals surface area contributed by atoms with Gasteiger partial charge in [0.2, 0.25) is 5.91 Å². The van der Waals surface area contributed by atoms with Crippen LogP contribution in [0, 0.1) is 0 Å². The first kappa shape index (κ1) is 32.0. The molecule has 2 N–H and O–H groups in total. The molecule has 0 aliphatic carbocycles. The lowest BCUT2D eigenvalue weighted by atomic mass is 9.99. The molecular weight excluding hydrogens is 586 g/mol. The van der Waals surface area contributed by atoms with Crippen molar-refractivity contribution < 1.29 is 53.8 Å². The monoisotopic (exact) mass is 614 g/mol. The van der Waals surface area contributed by atoms with Crippen molar-refractivity contribution in [3.05, 3.63) is 35.5 Å². The van der Waals surface area contributed by atoms with Crippen molar-refractivity contribution in [1.29, 1.82) is 0 Å². The molecule has 1 aromatic heterocycles. The molecular formula is C24H28F6N4O6S. The number of ether oxygens (including phenoxy) is 2. The molecule has 3 rings (SSSR count). The highest BCUT2D eigenvalue weighted by molar-refractivity contribution is 7.91. The Morgan fingerprint density at radius 1 is 1.12 bits per heavy atom. The summed E-state index contributed by atoms with van der Waals surface area (Å²) >= 11 is 0. The molecule has 0 bridgehead atoms. The first-order valence-corrected chi connectivity index (χ1v) is 14.4. The molecule has 0 radical (unpaired) electrons. The fourth-order valence-electron chi connectivity index (χ4n) is 4.03. The summed E-state index contributed by atoms with van der Waals surface area (Å²) in [6.07, 6.45) is -8.79. The Morgan fingerprint density at radius 3 is 2.44 bits per heavy atom. The molecule has 0 unspecified atom stereocenters. The highest BCUT2D eigenvalue weighted by Gasteiger charge is 2.33. The van der Waals surface area contributed by atoms with E-state index in [0.29, 0.717) is 0 Å². The van der Waals surface area contributed by atoms with Crippen LogP contribution in [0.1, 0.15) is 41.7 Å². The fourth-order valence-corrected chi connectivity index (χ4v) is 4.58. The van der Waals surface area contributed by atoms with Gasteiger partial charge in [0.05, 0.1) is 12.3 Å². The van der Waals surface area contributed by atoms with E-state index < -0.39 is 58.8 Å². The van der Waals surface area contributed by atoms with Crippen LogP contribution in [-0.2, 0) is 27.6 Å². The number of amides is 2. The minimum atomic E-state index is -4.50. The molecule has 2 aromatic rings. The minimum absolute atomic E-state index is 0.0191. The van der Waals surface area contributed by atoms with E-state index in [9.17, 15) is 44.3 Å². The average Bonchev–Trinajstić information content (AvgIpc) is 3.16. The number of carbonyl (C=O) groups excluding carboxylic acids is 2. The van der Waals surface area contributed by atoms with Crippen LogP contribution >= 0.6 is 0 Å². The lowest BCUT2D eigenvalue weighted by molar-refractivity contribution is -0.153. The first-order valence-electron chi connectivity index (χ1n) is 12.4. The van der Waals surface area contributed by atoms with E-state index in [2.05, 4.69) is 20.5 Å². The van der Waals surface area contributed by atoms with Gasteiger partial charge in [0.1, 0.15) is 28.6 Å². The van der Waals surface area contributed by atoms with Crippen LogP contribution in [0.2, 0.25) is 0 Å². The van der Waals surface area contributed by atoms with Crippen molar-refractivity contribution in [3.63, 3.8) is 0 Å². The number of unbranched alkanes of at least 4 members (excludes halogenated alkanes) is 1. The number of aryl methyl sites for hydroxylation is 1. The van der Waals surface area contributed by atoms with Crippen LogP contribution in [-0.4, -0.2) is 73.6 Å². The zero-order valence-electron chi connectivity index (χ0n) is 21.8. The maximum Gasteiger partial charge on any atom is 0.422 e. The molecule has 41 heavy (non-hydrogen) atoms. The largest absolute Gasteiger partial charge is 0.493 e. The molecule has 1 aliphatic heterocycles. The average molecular weight is 615 g/mol. The number of aromatic nitrogens is 2. The van der Waals surface area contributed by atoms with Gasteiger partial charge in [-0.15, -0.1) is 0 Å². The summed E-state index contributed by atoms with van der Waals surface area (Å²) in [7, 11) is -3.71. The van der Waals surface area contributed by atoms with E-state index >= 15 is 0 Å². The molecule has 0 spiro atoms.